The van der Waals surface area contributed by atoms with Crippen molar-refractivity contribution in [3.05, 3.63) is 95.6 Å². The fraction of sp³-hybridized carbons (Fsp3) is 0.222. The van der Waals surface area contributed by atoms with E-state index in [1.807, 2.05) is 78.9 Å². The molecule has 0 aliphatic heterocycles. The van der Waals surface area contributed by atoms with Gasteiger partial charge in [-0.1, -0.05) is 78.9 Å². The Morgan fingerprint density at radius 1 is 0.800 bits per heavy atom. The van der Waals surface area contributed by atoms with E-state index < -0.39 is 24.2 Å². The second-order valence-corrected chi connectivity index (χ2v) is 8.14. The molecule has 0 bridgehead atoms. The van der Waals surface area contributed by atoms with E-state index in [0.29, 0.717) is 0 Å². The average Bonchev–Trinajstić information content (AvgIpc) is 3.20. The second-order valence-electron chi connectivity index (χ2n) is 8.14. The van der Waals surface area contributed by atoms with E-state index in [1.54, 1.807) is 0 Å². The lowest BCUT2D eigenvalue weighted by atomic mass is 9.98. The largest absolute Gasteiger partial charge is 0.480 e. The van der Waals surface area contributed by atoms with Gasteiger partial charge >= 0.3 is 18.2 Å². The lowest BCUT2D eigenvalue weighted by Crippen LogP contribution is -2.43. The SMILES string of the molecule is O=C(NCC[C@@H](NC(=O)OCC1c2ccccc2-c2ccccc21)C(=O)O)OCc1ccccc1. The highest BCUT2D eigenvalue weighted by atomic mass is 16.6. The third-order valence-electron chi connectivity index (χ3n) is 5.85. The lowest BCUT2D eigenvalue weighted by Gasteiger charge is -2.17. The third-order valence-corrected chi connectivity index (χ3v) is 5.85. The number of nitrogens with one attached hydrogen (secondary N) is 2. The number of carbonyl (C=O) groups excluding carboxylic acids is 2. The normalized spacial score (nSPS) is 12.7. The Balaban J connectivity index is 1.25. The van der Waals surface area contributed by atoms with Gasteiger partial charge in [0.1, 0.15) is 19.3 Å². The number of hydrogen-bond donors (Lipinski definition) is 3. The summed E-state index contributed by atoms with van der Waals surface area (Å²) in [5, 5.41) is 14.3. The number of amides is 2. The third kappa shape index (κ3) is 5.97. The van der Waals surface area contributed by atoms with Crippen molar-refractivity contribution in [1.29, 1.82) is 0 Å². The Labute approximate surface area is 202 Å². The molecule has 0 aromatic heterocycles. The zero-order valence-electron chi connectivity index (χ0n) is 19.0. The van der Waals surface area contributed by atoms with E-state index in [-0.39, 0.29) is 32.1 Å². The summed E-state index contributed by atoms with van der Waals surface area (Å²) in [7, 11) is 0. The highest BCUT2D eigenvalue weighted by Crippen LogP contribution is 2.44. The van der Waals surface area contributed by atoms with Crippen molar-refractivity contribution < 1.29 is 29.0 Å². The van der Waals surface area contributed by atoms with E-state index in [9.17, 15) is 19.5 Å². The topological polar surface area (TPSA) is 114 Å². The minimum absolute atomic E-state index is 0.00818. The predicted molar refractivity (Wildman–Crippen MR) is 129 cm³/mol. The minimum atomic E-state index is -1.22. The number of aliphatic carboxylic acids is 1. The number of alkyl carbamates (subject to hydrolysis) is 2. The van der Waals surface area contributed by atoms with Crippen molar-refractivity contribution in [2.75, 3.05) is 13.2 Å². The number of carboxylic acids is 1. The summed E-state index contributed by atoms with van der Waals surface area (Å²) in [6.45, 7) is 0.192. The molecule has 0 spiro atoms. The van der Waals surface area contributed by atoms with Crippen LogP contribution in [0.3, 0.4) is 0 Å². The molecule has 0 radical (unpaired) electrons. The van der Waals surface area contributed by atoms with Crippen LogP contribution in [-0.4, -0.2) is 42.5 Å². The fourth-order valence-electron chi connectivity index (χ4n) is 4.13. The highest BCUT2D eigenvalue weighted by Gasteiger charge is 2.29. The van der Waals surface area contributed by atoms with Crippen LogP contribution in [0.1, 0.15) is 29.0 Å². The average molecular weight is 475 g/mol. The number of rotatable bonds is 9. The molecular weight excluding hydrogens is 448 g/mol. The van der Waals surface area contributed by atoms with Crippen LogP contribution < -0.4 is 10.6 Å². The van der Waals surface area contributed by atoms with Crippen LogP contribution >= 0.6 is 0 Å². The first-order chi connectivity index (χ1) is 17.0. The number of carboxylic acid groups (broad SMARTS) is 1. The summed E-state index contributed by atoms with van der Waals surface area (Å²) in [6, 6.07) is 23.9. The van der Waals surface area contributed by atoms with Gasteiger partial charge in [0.2, 0.25) is 0 Å². The molecule has 0 saturated carbocycles. The van der Waals surface area contributed by atoms with Crippen LogP contribution in [-0.2, 0) is 20.9 Å². The van der Waals surface area contributed by atoms with Crippen molar-refractivity contribution in [3.63, 3.8) is 0 Å². The number of hydrogen-bond acceptors (Lipinski definition) is 5. The van der Waals surface area contributed by atoms with E-state index in [4.69, 9.17) is 9.47 Å². The Morgan fingerprint density at radius 3 is 2.03 bits per heavy atom. The van der Waals surface area contributed by atoms with E-state index in [2.05, 4.69) is 10.6 Å². The number of carbonyl (C=O) groups is 3. The van der Waals surface area contributed by atoms with Gasteiger partial charge in [-0.25, -0.2) is 14.4 Å². The molecule has 1 aliphatic rings. The molecule has 8 nitrogen and oxygen atoms in total. The standard InChI is InChI=1S/C27H26N2O6/c30-25(31)24(14-15-28-26(32)34-16-18-8-2-1-3-9-18)29-27(33)35-17-23-21-12-6-4-10-19(21)20-11-5-7-13-22(20)23/h1-13,23-24H,14-17H2,(H,28,32)(H,29,33)(H,30,31)/t24-/m1/s1. The van der Waals surface area contributed by atoms with Crippen LogP contribution in [0.4, 0.5) is 9.59 Å². The predicted octanol–water partition coefficient (Wildman–Crippen LogP) is 4.29. The minimum Gasteiger partial charge on any atom is -0.480 e. The Hall–Kier alpha value is -4.33. The zero-order valence-corrected chi connectivity index (χ0v) is 19.0. The molecule has 3 N–H and O–H groups in total. The molecule has 1 atom stereocenters. The van der Waals surface area contributed by atoms with Crippen LogP contribution in [0.15, 0.2) is 78.9 Å². The van der Waals surface area contributed by atoms with Crippen LogP contribution in [0.2, 0.25) is 0 Å². The molecule has 0 heterocycles. The van der Waals surface area contributed by atoms with Gasteiger partial charge in [0.15, 0.2) is 0 Å². The maximum absolute atomic E-state index is 12.4. The first kappa shape index (κ1) is 23.8. The quantitative estimate of drug-likeness (QED) is 0.426. The van der Waals surface area contributed by atoms with Gasteiger partial charge < -0.3 is 25.2 Å². The summed E-state index contributed by atoms with van der Waals surface area (Å²) >= 11 is 0. The first-order valence-electron chi connectivity index (χ1n) is 11.3. The summed E-state index contributed by atoms with van der Waals surface area (Å²) in [5.41, 5.74) is 5.17. The molecule has 3 aromatic rings. The van der Waals surface area contributed by atoms with Gasteiger partial charge in [-0.05, 0) is 34.2 Å². The molecule has 35 heavy (non-hydrogen) atoms. The molecule has 8 heteroatoms. The van der Waals surface area contributed by atoms with Crippen molar-refractivity contribution in [2.45, 2.75) is 25.0 Å². The fourth-order valence-corrected chi connectivity index (χ4v) is 4.13. The number of ether oxygens (including phenoxy) is 2. The van der Waals surface area contributed by atoms with Gasteiger partial charge in [0, 0.05) is 12.5 Å². The smallest absolute Gasteiger partial charge is 0.407 e. The van der Waals surface area contributed by atoms with E-state index >= 15 is 0 Å². The Morgan fingerprint density at radius 2 is 1.40 bits per heavy atom. The van der Waals surface area contributed by atoms with Gasteiger partial charge in [0.25, 0.3) is 0 Å². The molecule has 3 aromatic carbocycles. The summed E-state index contributed by atoms with van der Waals surface area (Å²) < 4.78 is 10.5. The van der Waals surface area contributed by atoms with Crippen molar-refractivity contribution >= 4 is 18.2 Å². The van der Waals surface area contributed by atoms with E-state index in [0.717, 1.165) is 27.8 Å². The molecule has 0 unspecified atom stereocenters. The monoisotopic (exact) mass is 474 g/mol. The zero-order chi connectivity index (χ0) is 24.6. The van der Waals surface area contributed by atoms with E-state index in [1.165, 1.54) is 0 Å². The van der Waals surface area contributed by atoms with Crippen LogP contribution in [0.25, 0.3) is 11.1 Å². The van der Waals surface area contributed by atoms with Crippen molar-refractivity contribution in [1.82, 2.24) is 10.6 Å². The van der Waals surface area contributed by atoms with Gasteiger partial charge in [-0.3, -0.25) is 0 Å². The van der Waals surface area contributed by atoms with Crippen molar-refractivity contribution in [2.24, 2.45) is 0 Å². The molecule has 4 rings (SSSR count). The summed E-state index contributed by atoms with van der Waals surface area (Å²) in [6.07, 6.45) is -1.52. The Kier molecular flexibility index (Phi) is 7.62. The summed E-state index contributed by atoms with van der Waals surface area (Å²) in [4.78, 5) is 35.8. The molecular formula is C27H26N2O6. The van der Waals surface area contributed by atoms with Crippen LogP contribution in [0, 0.1) is 0 Å². The lowest BCUT2D eigenvalue weighted by molar-refractivity contribution is -0.139. The molecule has 0 saturated heterocycles. The second kappa shape index (κ2) is 11.2. The van der Waals surface area contributed by atoms with Crippen LogP contribution in [0.5, 0.6) is 0 Å². The molecule has 2 amide bonds. The van der Waals surface area contributed by atoms with Gasteiger partial charge in [0.05, 0.1) is 0 Å². The number of fused-ring (bicyclic) bond motifs is 3. The molecule has 0 fully saturated rings. The molecule has 180 valence electrons. The van der Waals surface area contributed by atoms with Crippen molar-refractivity contribution in [3.8, 4) is 11.1 Å². The van der Waals surface area contributed by atoms with Gasteiger partial charge in [-0.2, -0.15) is 0 Å². The van der Waals surface area contributed by atoms with Gasteiger partial charge in [-0.15, -0.1) is 0 Å². The highest BCUT2D eigenvalue weighted by molar-refractivity contribution is 5.81. The maximum atomic E-state index is 12.4. The summed E-state index contributed by atoms with van der Waals surface area (Å²) in [5.74, 6) is -1.35. The number of benzene rings is 3. The maximum Gasteiger partial charge on any atom is 0.407 e. The molecule has 1 aliphatic carbocycles. The first-order valence-corrected chi connectivity index (χ1v) is 11.3. The Bertz CT molecular complexity index is 1150.